The lowest BCUT2D eigenvalue weighted by Gasteiger charge is -2.12. The summed E-state index contributed by atoms with van der Waals surface area (Å²) in [6.45, 7) is 0. The maximum absolute atomic E-state index is 5.97. The fourth-order valence-electron chi connectivity index (χ4n) is 2.23. The van der Waals surface area contributed by atoms with Gasteiger partial charge < -0.3 is 10.6 Å². The summed E-state index contributed by atoms with van der Waals surface area (Å²) in [6.07, 6.45) is 1.46. The number of aryl methyl sites for hydroxylation is 1. The molecule has 3 aromatic rings. The third-order valence-electron chi connectivity index (χ3n) is 3.31. The molecule has 0 aliphatic heterocycles. The zero-order valence-corrected chi connectivity index (χ0v) is 11.7. The lowest BCUT2D eigenvalue weighted by Crippen LogP contribution is -2.07. The Morgan fingerprint density at radius 2 is 1.80 bits per heavy atom. The van der Waals surface area contributed by atoms with E-state index in [2.05, 4.69) is 32.1 Å². The van der Waals surface area contributed by atoms with Gasteiger partial charge in [-0.15, -0.1) is 0 Å². The summed E-state index contributed by atoms with van der Waals surface area (Å²) in [4.78, 5) is 10.3. The second kappa shape index (κ2) is 4.48. The Hall–Kier alpha value is -2.63. The zero-order chi connectivity index (χ0) is 14.3. The lowest BCUT2D eigenvalue weighted by atomic mass is 10.1. The second-order valence-corrected chi connectivity index (χ2v) is 4.87. The maximum Gasteiger partial charge on any atom is 0.163 e. The van der Waals surface area contributed by atoms with E-state index in [1.54, 1.807) is 4.68 Å². The Morgan fingerprint density at radius 3 is 2.45 bits per heavy atom. The Kier molecular flexibility index (Phi) is 2.78. The average molecular weight is 268 g/mol. The van der Waals surface area contributed by atoms with Crippen molar-refractivity contribution in [1.29, 1.82) is 0 Å². The van der Waals surface area contributed by atoms with Gasteiger partial charge in [-0.2, -0.15) is 5.10 Å². The first-order chi connectivity index (χ1) is 9.58. The average Bonchev–Trinajstić information content (AvgIpc) is 2.78. The third kappa shape index (κ3) is 1.85. The molecule has 0 aliphatic rings. The summed E-state index contributed by atoms with van der Waals surface area (Å²) in [7, 11) is 5.88. The molecule has 2 aromatic heterocycles. The van der Waals surface area contributed by atoms with E-state index < -0.39 is 0 Å². The Morgan fingerprint density at radius 1 is 1.10 bits per heavy atom. The Bertz CT molecular complexity index is 757. The predicted octanol–water partition coefficient (Wildman–Crippen LogP) is 1.68. The summed E-state index contributed by atoms with van der Waals surface area (Å²) >= 11 is 0. The number of rotatable bonds is 2. The van der Waals surface area contributed by atoms with Crippen molar-refractivity contribution in [2.75, 3.05) is 24.7 Å². The molecule has 0 atom stereocenters. The molecule has 0 saturated carbocycles. The number of nitrogens with two attached hydrogens (primary N) is 1. The van der Waals surface area contributed by atoms with Gasteiger partial charge in [-0.1, -0.05) is 12.1 Å². The van der Waals surface area contributed by atoms with E-state index in [1.807, 2.05) is 33.3 Å². The summed E-state index contributed by atoms with van der Waals surface area (Å²) < 4.78 is 1.72. The van der Waals surface area contributed by atoms with Gasteiger partial charge >= 0.3 is 0 Å². The molecule has 1 aromatic carbocycles. The van der Waals surface area contributed by atoms with Gasteiger partial charge in [0.05, 0.1) is 5.39 Å². The zero-order valence-electron chi connectivity index (χ0n) is 11.7. The van der Waals surface area contributed by atoms with Gasteiger partial charge in [0.25, 0.3) is 0 Å². The highest BCUT2D eigenvalue weighted by molar-refractivity contribution is 5.98. The number of fused-ring (bicyclic) bond motifs is 1. The molecule has 0 amide bonds. The van der Waals surface area contributed by atoms with Gasteiger partial charge in [0, 0.05) is 32.4 Å². The molecule has 2 heterocycles. The highest BCUT2D eigenvalue weighted by atomic mass is 15.3. The third-order valence-corrected chi connectivity index (χ3v) is 3.31. The van der Waals surface area contributed by atoms with E-state index in [9.17, 15) is 0 Å². The molecule has 6 nitrogen and oxygen atoms in total. The quantitative estimate of drug-likeness (QED) is 0.765. The van der Waals surface area contributed by atoms with Crippen molar-refractivity contribution in [3.05, 3.63) is 30.6 Å². The molecule has 20 heavy (non-hydrogen) atoms. The molecule has 0 aliphatic carbocycles. The molecule has 0 fully saturated rings. The predicted molar refractivity (Wildman–Crippen MR) is 80.5 cm³/mol. The van der Waals surface area contributed by atoms with Crippen LogP contribution in [0.15, 0.2) is 30.6 Å². The van der Waals surface area contributed by atoms with E-state index in [-0.39, 0.29) is 0 Å². The minimum Gasteiger partial charge on any atom is -0.383 e. The molecule has 0 unspecified atom stereocenters. The van der Waals surface area contributed by atoms with Crippen LogP contribution in [0.5, 0.6) is 0 Å². The monoisotopic (exact) mass is 268 g/mol. The van der Waals surface area contributed by atoms with Crippen molar-refractivity contribution in [3.8, 4) is 11.3 Å². The van der Waals surface area contributed by atoms with Crippen LogP contribution < -0.4 is 10.6 Å². The highest BCUT2D eigenvalue weighted by Gasteiger charge is 2.15. The number of nitrogens with zero attached hydrogens (tertiary/aromatic N) is 5. The molecule has 3 rings (SSSR count). The summed E-state index contributed by atoms with van der Waals surface area (Å²) in [5, 5.41) is 5.31. The van der Waals surface area contributed by atoms with Gasteiger partial charge in [0.15, 0.2) is 5.65 Å². The van der Waals surface area contributed by atoms with Crippen LogP contribution in [0.1, 0.15) is 0 Å². The summed E-state index contributed by atoms with van der Waals surface area (Å²) in [5.74, 6) is 0.454. The van der Waals surface area contributed by atoms with E-state index in [0.29, 0.717) is 5.82 Å². The number of nitrogen functional groups attached to an aromatic ring is 1. The van der Waals surface area contributed by atoms with Gasteiger partial charge in [0.1, 0.15) is 17.8 Å². The van der Waals surface area contributed by atoms with Crippen LogP contribution in [0, 0.1) is 0 Å². The van der Waals surface area contributed by atoms with Crippen LogP contribution in [0.3, 0.4) is 0 Å². The van der Waals surface area contributed by atoms with Crippen LogP contribution in [0.4, 0.5) is 11.5 Å². The van der Waals surface area contributed by atoms with Gasteiger partial charge in [-0.3, -0.25) is 0 Å². The Labute approximate surface area is 116 Å². The molecule has 0 spiro atoms. The number of anilines is 2. The van der Waals surface area contributed by atoms with Crippen molar-refractivity contribution in [1.82, 2.24) is 19.7 Å². The van der Waals surface area contributed by atoms with Gasteiger partial charge in [0.2, 0.25) is 0 Å². The van der Waals surface area contributed by atoms with E-state index in [4.69, 9.17) is 5.73 Å². The first kappa shape index (κ1) is 12.4. The molecule has 2 N–H and O–H groups in total. The SMILES string of the molecule is CN(C)c1ccc(-c2nn(C)c3ncnc(N)c23)cc1. The van der Waals surface area contributed by atoms with Crippen LogP contribution in [-0.2, 0) is 7.05 Å². The van der Waals surface area contributed by atoms with Crippen LogP contribution in [0.25, 0.3) is 22.3 Å². The number of aromatic nitrogens is 4. The number of hydrogen-bond donors (Lipinski definition) is 1. The van der Waals surface area contributed by atoms with E-state index in [0.717, 1.165) is 28.0 Å². The van der Waals surface area contributed by atoms with Gasteiger partial charge in [-0.05, 0) is 12.1 Å². The second-order valence-electron chi connectivity index (χ2n) is 4.87. The van der Waals surface area contributed by atoms with Gasteiger partial charge in [-0.25, -0.2) is 14.6 Å². The van der Waals surface area contributed by atoms with Crippen molar-refractivity contribution < 1.29 is 0 Å². The van der Waals surface area contributed by atoms with Crippen LogP contribution >= 0.6 is 0 Å². The summed E-state index contributed by atoms with van der Waals surface area (Å²) in [5.41, 5.74) is 9.66. The Balaban J connectivity index is 2.19. The smallest absolute Gasteiger partial charge is 0.163 e. The van der Waals surface area contributed by atoms with Crippen molar-refractivity contribution >= 4 is 22.5 Å². The molecule has 102 valence electrons. The van der Waals surface area contributed by atoms with E-state index in [1.165, 1.54) is 6.33 Å². The van der Waals surface area contributed by atoms with Crippen molar-refractivity contribution in [2.45, 2.75) is 0 Å². The molecule has 6 heteroatoms. The lowest BCUT2D eigenvalue weighted by molar-refractivity contribution is 0.788. The van der Waals surface area contributed by atoms with Crippen LogP contribution in [-0.4, -0.2) is 33.8 Å². The molecule has 0 radical (unpaired) electrons. The molecular formula is C14H16N6. The maximum atomic E-state index is 5.97. The van der Waals surface area contributed by atoms with Crippen molar-refractivity contribution in [3.63, 3.8) is 0 Å². The topological polar surface area (TPSA) is 72.9 Å². The normalized spacial score (nSPS) is 10.9. The largest absolute Gasteiger partial charge is 0.383 e. The molecule has 0 bridgehead atoms. The number of benzene rings is 1. The number of hydrogen-bond acceptors (Lipinski definition) is 5. The first-order valence-corrected chi connectivity index (χ1v) is 6.29. The highest BCUT2D eigenvalue weighted by Crippen LogP contribution is 2.30. The van der Waals surface area contributed by atoms with E-state index >= 15 is 0 Å². The molecule has 0 saturated heterocycles. The fourth-order valence-corrected chi connectivity index (χ4v) is 2.23. The minimum atomic E-state index is 0.454. The first-order valence-electron chi connectivity index (χ1n) is 6.29. The minimum absolute atomic E-state index is 0.454. The standard InChI is InChI=1S/C14H16N6/c1-19(2)10-6-4-9(5-7-10)12-11-13(15)16-8-17-14(11)20(3)18-12/h4-8H,1-3H3,(H2,15,16,17). The molecular weight excluding hydrogens is 252 g/mol. The van der Waals surface area contributed by atoms with Crippen molar-refractivity contribution in [2.24, 2.45) is 7.05 Å². The van der Waals surface area contributed by atoms with Crippen LogP contribution in [0.2, 0.25) is 0 Å². The summed E-state index contributed by atoms with van der Waals surface area (Å²) in [6, 6.07) is 8.17. The fraction of sp³-hybridized carbons (Fsp3) is 0.214.